The number of nitrogens with zero attached hydrogens (tertiary/aromatic N) is 3. The van der Waals surface area contributed by atoms with E-state index in [-0.39, 0.29) is 12.0 Å². The van der Waals surface area contributed by atoms with Gasteiger partial charge in [-0.15, -0.1) is 0 Å². The van der Waals surface area contributed by atoms with Gasteiger partial charge in [-0.05, 0) is 19.9 Å². The lowest BCUT2D eigenvalue weighted by Crippen LogP contribution is -2.32. The number of carbonyl (C=O) groups is 1. The van der Waals surface area contributed by atoms with Crippen molar-refractivity contribution in [2.45, 2.75) is 25.9 Å². The van der Waals surface area contributed by atoms with Crippen LogP contribution >= 0.6 is 0 Å². The van der Waals surface area contributed by atoms with E-state index in [1.165, 1.54) is 6.33 Å². The van der Waals surface area contributed by atoms with Crippen LogP contribution in [0.15, 0.2) is 10.9 Å². The summed E-state index contributed by atoms with van der Waals surface area (Å²) >= 11 is 0. The van der Waals surface area contributed by atoms with Crippen LogP contribution in [-0.4, -0.2) is 38.7 Å². The number of rotatable bonds is 3. The van der Waals surface area contributed by atoms with Crippen LogP contribution in [0.1, 0.15) is 19.2 Å². The highest BCUT2D eigenvalue weighted by molar-refractivity contribution is 5.71. The van der Waals surface area contributed by atoms with Crippen molar-refractivity contribution in [2.24, 2.45) is 5.92 Å². The molecular formula is C9H13N3O3. The van der Waals surface area contributed by atoms with Gasteiger partial charge in [-0.25, -0.2) is 0 Å². The van der Waals surface area contributed by atoms with Gasteiger partial charge < -0.3 is 9.63 Å². The third-order valence-corrected chi connectivity index (χ3v) is 2.95. The minimum Gasteiger partial charge on any atom is -0.481 e. The van der Waals surface area contributed by atoms with Gasteiger partial charge in [0.1, 0.15) is 0 Å². The Morgan fingerprint density at radius 1 is 1.80 bits per heavy atom. The Morgan fingerprint density at radius 3 is 3.13 bits per heavy atom. The molecule has 2 heterocycles. The van der Waals surface area contributed by atoms with Gasteiger partial charge in [0.05, 0.1) is 12.5 Å². The van der Waals surface area contributed by atoms with E-state index in [0.29, 0.717) is 18.9 Å². The summed E-state index contributed by atoms with van der Waals surface area (Å²) < 4.78 is 4.89. The highest BCUT2D eigenvalue weighted by Gasteiger charge is 2.35. The number of carboxylic acid groups (broad SMARTS) is 1. The first-order valence-electron chi connectivity index (χ1n) is 4.91. The van der Waals surface area contributed by atoms with Gasteiger partial charge in [-0.3, -0.25) is 9.69 Å². The molecule has 0 radical (unpaired) electrons. The first kappa shape index (κ1) is 10.1. The third kappa shape index (κ3) is 1.99. The fraction of sp³-hybridized carbons (Fsp3) is 0.667. The largest absolute Gasteiger partial charge is 0.481 e. The Labute approximate surface area is 86.9 Å². The molecule has 1 aromatic rings. The highest BCUT2D eigenvalue weighted by Crippen LogP contribution is 2.25. The number of hydrogen-bond donors (Lipinski definition) is 1. The second-order valence-electron chi connectivity index (χ2n) is 3.78. The van der Waals surface area contributed by atoms with Crippen LogP contribution in [0, 0.1) is 5.92 Å². The number of aromatic nitrogens is 2. The van der Waals surface area contributed by atoms with Gasteiger partial charge in [0.2, 0.25) is 5.89 Å². The van der Waals surface area contributed by atoms with Crippen LogP contribution in [0.5, 0.6) is 0 Å². The zero-order valence-electron chi connectivity index (χ0n) is 8.46. The molecule has 1 N–H and O–H groups in total. The van der Waals surface area contributed by atoms with Crippen molar-refractivity contribution < 1.29 is 14.4 Å². The topological polar surface area (TPSA) is 79.5 Å². The molecule has 1 aliphatic heterocycles. The molecule has 6 heteroatoms. The molecule has 1 aliphatic rings. The minimum absolute atomic E-state index is 0.0226. The molecule has 0 amide bonds. The van der Waals surface area contributed by atoms with Crippen molar-refractivity contribution in [3.05, 3.63) is 12.2 Å². The molecule has 2 unspecified atom stereocenters. The Balaban J connectivity index is 1.98. The SMILES string of the molecule is CC1C(C(=O)O)CCN1Cc1ncno1. The summed E-state index contributed by atoms with van der Waals surface area (Å²) in [5.41, 5.74) is 0. The first-order chi connectivity index (χ1) is 7.18. The van der Waals surface area contributed by atoms with Crippen molar-refractivity contribution in [1.82, 2.24) is 15.0 Å². The summed E-state index contributed by atoms with van der Waals surface area (Å²) in [6.45, 7) is 3.22. The van der Waals surface area contributed by atoms with Gasteiger partial charge in [0.25, 0.3) is 0 Å². The smallest absolute Gasteiger partial charge is 0.308 e. The normalized spacial score (nSPS) is 27.0. The van der Waals surface area contributed by atoms with E-state index in [9.17, 15) is 4.79 Å². The average molecular weight is 211 g/mol. The van der Waals surface area contributed by atoms with E-state index in [1.807, 2.05) is 11.8 Å². The maximum atomic E-state index is 10.9. The van der Waals surface area contributed by atoms with Crippen molar-refractivity contribution in [3.63, 3.8) is 0 Å². The minimum atomic E-state index is -0.726. The Hall–Kier alpha value is -1.43. The standard InChI is InChI=1S/C9H13N3O3/c1-6-7(9(13)14)2-3-12(6)4-8-10-5-11-15-8/h5-7H,2-4H2,1H3,(H,13,14). The molecule has 1 saturated heterocycles. The number of hydrogen-bond acceptors (Lipinski definition) is 5. The Bertz CT molecular complexity index is 338. The molecule has 6 nitrogen and oxygen atoms in total. The van der Waals surface area contributed by atoms with Crippen LogP contribution < -0.4 is 0 Å². The molecule has 0 bridgehead atoms. The van der Waals surface area contributed by atoms with E-state index in [0.717, 1.165) is 6.54 Å². The van der Waals surface area contributed by atoms with Crippen LogP contribution in [0.2, 0.25) is 0 Å². The van der Waals surface area contributed by atoms with Gasteiger partial charge in [0, 0.05) is 6.04 Å². The molecular weight excluding hydrogens is 198 g/mol. The lowest BCUT2D eigenvalue weighted by atomic mass is 10.0. The predicted octanol–water partition coefficient (Wildman–Crippen LogP) is 0.365. The van der Waals surface area contributed by atoms with Gasteiger partial charge in [-0.1, -0.05) is 5.16 Å². The molecule has 0 saturated carbocycles. The lowest BCUT2D eigenvalue weighted by Gasteiger charge is -2.20. The zero-order valence-corrected chi connectivity index (χ0v) is 8.46. The van der Waals surface area contributed by atoms with Crippen molar-refractivity contribution >= 4 is 5.97 Å². The molecule has 2 atom stereocenters. The average Bonchev–Trinajstić information content (AvgIpc) is 2.78. The van der Waals surface area contributed by atoms with Crippen LogP contribution in [-0.2, 0) is 11.3 Å². The molecule has 82 valence electrons. The molecule has 1 aromatic heterocycles. The first-order valence-corrected chi connectivity index (χ1v) is 4.91. The summed E-state index contributed by atoms with van der Waals surface area (Å²) in [5, 5.41) is 12.5. The van der Waals surface area contributed by atoms with Gasteiger partial charge in [-0.2, -0.15) is 4.98 Å². The summed E-state index contributed by atoms with van der Waals surface area (Å²) in [5.74, 6) is -0.476. The summed E-state index contributed by atoms with van der Waals surface area (Å²) in [4.78, 5) is 16.8. The van der Waals surface area contributed by atoms with Crippen LogP contribution in [0.3, 0.4) is 0 Å². The monoisotopic (exact) mass is 211 g/mol. The van der Waals surface area contributed by atoms with Crippen molar-refractivity contribution in [1.29, 1.82) is 0 Å². The molecule has 0 spiro atoms. The van der Waals surface area contributed by atoms with Gasteiger partial charge in [0.15, 0.2) is 6.33 Å². The number of likely N-dealkylation sites (tertiary alicyclic amines) is 1. The second-order valence-corrected chi connectivity index (χ2v) is 3.78. The zero-order chi connectivity index (χ0) is 10.8. The van der Waals surface area contributed by atoms with E-state index < -0.39 is 5.97 Å². The lowest BCUT2D eigenvalue weighted by molar-refractivity contribution is -0.142. The molecule has 1 fully saturated rings. The summed E-state index contributed by atoms with van der Waals surface area (Å²) in [7, 11) is 0. The van der Waals surface area contributed by atoms with E-state index in [4.69, 9.17) is 9.63 Å². The van der Waals surface area contributed by atoms with Gasteiger partial charge >= 0.3 is 5.97 Å². The van der Waals surface area contributed by atoms with E-state index in [1.54, 1.807) is 0 Å². The fourth-order valence-corrected chi connectivity index (χ4v) is 2.00. The molecule has 15 heavy (non-hydrogen) atoms. The molecule has 0 aromatic carbocycles. The van der Waals surface area contributed by atoms with Crippen molar-refractivity contribution in [3.8, 4) is 0 Å². The maximum absolute atomic E-state index is 10.9. The summed E-state index contributed by atoms with van der Waals surface area (Å²) in [6.07, 6.45) is 2.04. The predicted molar refractivity (Wildman–Crippen MR) is 49.9 cm³/mol. The Morgan fingerprint density at radius 2 is 2.60 bits per heavy atom. The quantitative estimate of drug-likeness (QED) is 0.777. The molecule has 0 aliphatic carbocycles. The van der Waals surface area contributed by atoms with Crippen LogP contribution in [0.4, 0.5) is 0 Å². The van der Waals surface area contributed by atoms with Crippen molar-refractivity contribution in [2.75, 3.05) is 6.54 Å². The van der Waals surface area contributed by atoms with E-state index >= 15 is 0 Å². The number of carboxylic acids is 1. The van der Waals surface area contributed by atoms with E-state index in [2.05, 4.69) is 10.1 Å². The molecule has 2 rings (SSSR count). The fourth-order valence-electron chi connectivity index (χ4n) is 2.00. The van der Waals surface area contributed by atoms with Crippen LogP contribution in [0.25, 0.3) is 0 Å². The Kier molecular flexibility index (Phi) is 2.68. The summed E-state index contributed by atoms with van der Waals surface area (Å²) in [6, 6.07) is 0.0226. The number of aliphatic carboxylic acids is 1. The third-order valence-electron chi connectivity index (χ3n) is 2.95. The second kappa shape index (κ2) is 3.98. The highest BCUT2D eigenvalue weighted by atomic mass is 16.5. The maximum Gasteiger partial charge on any atom is 0.308 e.